The molecule has 0 aliphatic carbocycles. The van der Waals surface area contributed by atoms with Crippen molar-refractivity contribution in [3.63, 3.8) is 0 Å². The minimum Gasteiger partial charge on any atom is -0.397 e. The highest BCUT2D eigenvalue weighted by atomic mass is 32.1. The zero-order valence-electron chi connectivity index (χ0n) is 12.0. The molecule has 0 aliphatic heterocycles. The van der Waals surface area contributed by atoms with Crippen molar-refractivity contribution in [2.75, 3.05) is 11.1 Å². The molecule has 0 unspecified atom stereocenters. The van der Waals surface area contributed by atoms with Gasteiger partial charge in [0.15, 0.2) is 0 Å². The maximum Gasteiger partial charge on any atom is 0.269 e. The lowest BCUT2D eigenvalue weighted by molar-refractivity contribution is 0.102. The number of aromatic nitrogens is 2. The Morgan fingerprint density at radius 3 is 2.65 bits per heavy atom. The summed E-state index contributed by atoms with van der Waals surface area (Å²) in [4.78, 5) is 12.9. The molecule has 2 aromatic rings. The molecule has 6 heteroatoms. The lowest BCUT2D eigenvalue weighted by Crippen LogP contribution is -2.20. The molecular weight excluding hydrogens is 272 g/mol. The largest absolute Gasteiger partial charge is 0.397 e. The van der Waals surface area contributed by atoms with Gasteiger partial charge in [-0.3, -0.25) is 4.79 Å². The predicted octanol–water partition coefficient (Wildman–Crippen LogP) is 2.98. The van der Waals surface area contributed by atoms with Gasteiger partial charge in [-0.15, -0.1) is 5.10 Å². The summed E-state index contributed by atoms with van der Waals surface area (Å²) in [5.41, 5.74) is 8.59. The van der Waals surface area contributed by atoms with Crippen molar-refractivity contribution in [1.82, 2.24) is 9.59 Å². The highest BCUT2D eigenvalue weighted by molar-refractivity contribution is 7.08. The first kappa shape index (κ1) is 14.5. The molecule has 0 bridgehead atoms. The lowest BCUT2D eigenvalue weighted by Gasteiger charge is -2.16. The summed E-state index contributed by atoms with van der Waals surface area (Å²) in [5.74, 6) is -0.222. The summed E-state index contributed by atoms with van der Waals surface area (Å²) in [6, 6.07) is 5.53. The number of amides is 1. The van der Waals surface area contributed by atoms with Crippen molar-refractivity contribution in [2.45, 2.75) is 33.1 Å². The number of benzene rings is 1. The fourth-order valence-corrected chi connectivity index (χ4v) is 2.58. The second-order valence-electron chi connectivity index (χ2n) is 5.75. The van der Waals surface area contributed by atoms with Gasteiger partial charge < -0.3 is 11.1 Å². The van der Waals surface area contributed by atoms with E-state index in [1.807, 2.05) is 39.8 Å². The van der Waals surface area contributed by atoms with Crippen LogP contribution in [0.3, 0.4) is 0 Å². The molecule has 0 saturated heterocycles. The van der Waals surface area contributed by atoms with Crippen LogP contribution in [0.15, 0.2) is 18.2 Å². The first-order chi connectivity index (χ1) is 9.29. The Morgan fingerprint density at radius 1 is 1.35 bits per heavy atom. The van der Waals surface area contributed by atoms with Crippen LogP contribution >= 0.6 is 11.5 Å². The number of hydrogen-bond acceptors (Lipinski definition) is 5. The summed E-state index contributed by atoms with van der Waals surface area (Å²) in [7, 11) is 0. The Hall–Kier alpha value is -1.95. The maximum absolute atomic E-state index is 12.3. The molecule has 106 valence electrons. The normalized spacial score (nSPS) is 11.4. The second-order valence-corrected chi connectivity index (χ2v) is 6.50. The number of nitrogens with one attached hydrogen (secondary N) is 1. The van der Waals surface area contributed by atoms with E-state index in [1.165, 1.54) is 0 Å². The van der Waals surface area contributed by atoms with Crippen molar-refractivity contribution in [1.29, 1.82) is 0 Å². The third kappa shape index (κ3) is 2.96. The summed E-state index contributed by atoms with van der Waals surface area (Å²) in [6.45, 7) is 7.95. The van der Waals surface area contributed by atoms with Crippen LogP contribution in [0, 0.1) is 6.92 Å². The van der Waals surface area contributed by atoms with Crippen LogP contribution < -0.4 is 11.1 Å². The number of carbonyl (C=O) groups excluding carboxylic acids is 1. The summed E-state index contributed by atoms with van der Waals surface area (Å²) < 4.78 is 3.89. The fraction of sp³-hybridized carbons (Fsp3) is 0.357. The van der Waals surface area contributed by atoms with Crippen molar-refractivity contribution >= 4 is 28.8 Å². The van der Waals surface area contributed by atoms with Gasteiger partial charge in [-0.2, -0.15) is 0 Å². The van der Waals surface area contributed by atoms with E-state index in [2.05, 4.69) is 14.9 Å². The summed E-state index contributed by atoms with van der Waals surface area (Å²) >= 11 is 1.10. The number of nitrogens with two attached hydrogens (primary N) is 1. The average molecular weight is 290 g/mol. The smallest absolute Gasteiger partial charge is 0.269 e. The highest BCUT2D eigenvalue weighted by Crippen LogP contribution is 2.27. The molecule has 2 rings (SSSR count). The van der Waals surface area contributed by atoms with Gasteiger partial charge in [-0.05, 0) is 36.2 Å². The van der Waals surface area contributed by atoms with Crippen LogP contribution in [0.4, 0.5) is 11.4 Å². The second kappa shape index (κ2) is 5.20. The molecule has 0 aliphatic rings. The van der Waals surface area contributed by atoms with Gasteiger partial charge in [0.1, 0.15) is 4.88 Å². The van der Waals surface area contributed by atoms with Gasteiger partial charge in [0.25, 0.3) is 5.91 Å². The molecule has 1 aromatic carbocycles. The molecule has 5 nitrogen and oxygen atoms in total. The topological polar surface area (TPSA) is 80.9 Å². The number of hydrogen-bond donors (Lipinski definition) is 2. The number of rotatable bonds is 2. The monoisotopic (exact) mass is 290 g/mol. The van der Waals surface area contributed by atoms with Crippen molar-refractivity contribution in [3.8, 4) is 0 Å². The molecule has 0 spiro atoms. The van der Waals surface area contributed by atoms with Gasteiger partial charge in [0.2, 0.25) is 0 Å². The van der Waals surface area contributed by atoms with Crippen LogP contribution in [-0.2, 0) is 5.41 Å². The van der Waals surface area contributed by atoms with Crippen molar-refractivity contribution in [3.05, 3.63) is 34.3 Å². The van der Waals surface area contributed by atoms with Gasteiger partial charge in [0.05, 0.1) is 17.1 Å². The predicted molar refractivity (Wildman–Crippen MR) is 82.2 cm³/mol. The van der Waals surface area contributed by atoms with E-state index in [1.54, 1.807) is 6.07 Å². The van der Waals surface area contributed by atoms with Crippen LogP contribution in [0.25, 0.3) is 0 Å². The number of anilines is 2. The minimum atomic E-state index is -0.224. The van der Waals surface area contributed by atoms with Gasteiger partial charge in [-0.1, -0.05) is 31.3 Å². The van der Waals surface area contributed by atoms with Crippen molar-refractivity contribution in [2.24, 2.45) is 0 Å². The lowest BCUT2D eigenvalue weighted by atomic mass is 9.91. The van der Waals surface area contributed by atoms with Crippen LogP contribution in [-0.4, -0.2) is 15.5 Å². The Morgan fingerprint density at radius 2 is 2.05 bits per heavy atom. The van der Waals surface area contributed by atoms with E-state index in [0.717, 1.165) is 17.1 Å². The number of nitrogen functional groups attached to an aromatic ring is 1. The SMILES string of the molecule is Cc1ccc(NC(=O)c2snnc2C(C)(C)C)c(N)c1. The highest BCUT2D eigenvalue weighted by Gasteiger charge is 2.26. The Labute approximate surface area is 122 Å². The quantitative estimate of drug-likeness (QED) is 0.833. The van der Waals surface area contributed by atoms with Gasteiger partial charge in [-0.25, -0.2) is 0 Å². The molecule has 0 radical (unpaired) electrons. The van der Waals surface area contributed by atoms with Crippen LogP contribution in [0.5, 0.6) is 0 Å². The van der Waals surface area contributed by atoms with Crippen LogP contribution in [0.2, 0.25) is 0 Å². The Balaban J connectivity index is 2.27. The van der Waals surface area contributed by atoms with Gasteiger partial charge >= 0.3 is 0 Å². The van der Waals surface area contributed by atoms with E-state index in [9.17, 15) is 4.79 Å². The van der Waals surface area contributed by atoms with Crippen LogP contribution in [0.1, 0.15) is 41.7 Å². The Bertz CT molecular complexity index is 643. The molecule has 3 N–H and O–H groups in total. The minimum absolute atomic E-state index is 0.222. The van der Waals surface area contributed by atoms with Gasteiger partial charge in [0, 0.05) is 5.41 Å². The molecular formula is C14H18N4OS. The Kier molecular flexibility index (Phi) is 3.76. The van der Waals surface area contributed by atoms with E-state index in [0.29, 0.717) is 21.9 Å². The number of carbonyl (C=O) groups is 1. The number of aryl methyl sites for hydroxylation is 1. The first-order valence-electron chi connectivity index (χ1n) is 6.29. The third-order valence-corrected chi connectivity index (χ3v) is 3.58. The standard InChI is InChI=1S/C14H18N4OS/c1-8-5-6-10(9(15)7-8)16-13(19)11-12(14(2,3)4)17-18-20-11/h5-7H,15H2,1-4H3,(H,16,19). The average Bonchev–Trinajstić information content (AvgIpc) is 2.81. The van der Waals surface area contributed by atoms with E-state index in [4.69, 9.17) is 5.73 Å². The molecule has 1 amide bonds. The molecule has 0 saturated carbocycles. The maximum atomic E-state index is 12.3. The zero-order chi connectivity index (χ0) is 14.9. The van der Waals surface area contributed by atoms with E-state index < -0.39 is 0 Å². The zero-order valence-corrected chi connectivity index (χ0v) is 12.8. The molecule has 20 heavy (non-hydrogen) atoms. The first-order valence-corrected chi connectivity index (χ1v) is 7.06. The van der Waals surface area contributed by atoms with E-state index >= 15 is 0 Å². The third-order valence-electron chi connectivity index (χ3n) is 2.86. The summed E-state index contributed by atoms with van der Waals surface area (Å²) in [5, 5.41) is 6.88. The molecule has 0 fully saturated rings. The fourth-order valence-electron chi connectivity index (χ4n) is 1.81. The van der Waals surface area contributed by atoms with Crippen molar-refractivity contribution < 1.29 is 4.79 Å². The molecule has 1 aromatic heterocycles. The summed E-state index contributed by atoms with van der Waals surface area (Å²) in [6.07, 6.45) is 0. The number of nitrogens with zero attached hydrogens (tertiary/aromatic N) is 2. The molecule has 0 atom stereocenters. The van der Waals surface area contributed by atoms with E-state index in [-0.39, 0.29) is 11.3 Å². The molecule has 1 heterocycles.